The number of halogens is 1. The Morgan fingerprint density at radius 3 is 2.58 bits per heavy atom. The molecule has 0 amide bonds. The first kappa shape index (κ1) is 9.20. The lowest BCUT2D eigenvalue weighted by Crippen LogP contribution is -2.11. The van der Waals surface area contributed by atoms with Crippen LogP contribution >= 0.6 is 0 Å². The van der Waals surface area contributed by atoms with Crippen molar-refractivity contribution < 1.29 is 4.39 Å². The SMILES string of the molecule is Cc1ccc(F)cc1CN(C)C. The summed E-state index contributed by atoms with van der Waals surface area (Å²) >= 11 is 0. The highest BCUT2D eigenvalue weighted by atomic mass is 19.1. The Labute approximate surface area is 72.8 Å². The van der Waals surface area contributed by atoms with Gasteiger partial charge in [0.2, 0.25) is 0 Å². The Bertz CT molecular complexity index is 269. The standard InChI is InChI=1S/C10H14FN/c1-8-4-5-10(11)6-9(8)7-12(2)3/h4-6H,7H2,1-3H3. The molecule has 0 saturated carbocycles. The fourth-order valence-corrected chi connectivity index (χ4v) is 1.15. The second-order valence-electron chi connectivity index (χ2n) is 3.31. The van der Waals surface area contributed by atoms with Crippen LogP contribution in [0.15, 0.2) is 18.2 Å². The van der Waals surface area contributed by atoms with E-state index in [1.807, 2.05) is 32.0 Å². The van der Waals surface area contributed by atoms with Crippen LogP contribution in [0.1, 0.15) is 11.1 Å². The van der Waals surface area contributed by atoms with Crippen LogP contribution in [-0.4, -0.2) is 19.0 Å². The molecule has 0 aliphatic heterocycles. The third-order valence-electron chi connectivity index (χ3n) is 1.80. The zero-order valence-corrected chi connectivity index (χ0v) is 7.76. The molecule has 0 saturated heterocycles. The lowest BCUT2D eigenvalue weighted by atomic mass is 10.1. The summed E-state index contributed by atoms with van der Waals surface area (Å²) in [6.07, 6.45) is 0. The van der Waals surface area contributed by atoms with Gasteiger partial charge in [0.25, 0.3) is 0 Å². The molecule has 0 bridgehead atoms. The van der Waals surface area contributed by atoms with Crippen LogP contribution in [0.4, 0.5) is 4.39 Å². The van der Waals surface area contributed by atoms with E-state index in [9.17, 15) is 4.39 Å². The molecule has 1 rings (SSSR count). The number of hydrogen-bond donors (Lipinski definition) is 0. The van der Waals surface area contributed by atoms with E-state index in [1.54, 1.807) is 6.07 Å². The van der Waals surface area contributed by atoms with E-state index >= 15 is 0 Å². The lowest BCUT2D eigenvalue weighted by molar-refractivity contribution is 0.400. The van der Waals surface area contributed by atoms with E-state index in [1.165, 1.54) is 6.07 Å². The van der Waals surface area contributed by atoms with Gasteiger partial charge in [-0.3, -0.25) is 0 Å². The Morgan fingerprint density at radius 2 is 2.00 bits per heavy atom. The van der Waals surface area contributed by atoms with Crippen LogP contribution in [0.3, 0.4) is 0 Å². The van der Waals surface area contributed by atoms with E-state index in [2.05, 4.69) is 0 Å². The quantitative estimate of drug-likeness (QED) is 0.652. The normalized spacial score (nSPS) is 10.8. The summed E-state index contributed by atoms with van der Waals surface area (Å²) in [6, 6.07) is 4.90. The van der Waals surface area contributed by atoms with Crippen molar-refractivity contribution in [3.05, 3.63) is 35.1 Å². The summed E-state index contributed by atoms with van der Waals surface area (Å²) in [5, 5.41) is 0. The molecule has 0 aliphatic rings. The van der Waals surface area contributed by atoms with Gasteiger partial charge in [-0.25, -0.2) is 4.39 Å². The maximum absolute atomic E-state index is 12.8. The van der Waals surface area contributed by atoms with E-state index in [-0.39, 0.29) is 5.82 Å². The summed E-state index contributed by atoms with van der Waals surface area (Å²) in [6.45, 7) is 2.79. The van der Waals surface area contributed by atoms with Gasteiger partial charge in [-0.15, -0.1) is 0 Å². The van der Waals surface area contributed by atoms with Crippen LogP contribution in [0.25, 0.3) is 0 Å². The van der Waals surface area contributed by atoms with Gasteiger partial charge in [0, 0.05) is 6.54 Å². The van der Waals surface area contributed by atoms with Crippen LogP contribution in [0.2, 0.25) is 0 Å². The second kappa shape index (κ2) is 3.68. The zero-order chi connectivity index (χ0) is 9.14. The molecule has 0 radical (unpaired) electrons. The summed E-state index contributed by atoms with van der Waals surface area (Å²) in [5.41, 5.74) is 2.20. The number of nitrogens with zero attached hydrogens (tertiary/aromatic N) is 1. The molecule has 0 unspecified atom stereocenters. The van der Waals surface area contributed by atoms with Gasteiger partial charge in [0.05, 0.1) is 0 Å². The molecule has 2 heteroatoms. The highest BCUT2D eigenvalue weighted by molar-refractivity contribution is 5.26. The summed E-state index contributed by atoms with van der Waals surface area (Å²) in [4.78, 5) is 2.03. The average molecular weight is 167 g/mol. The predicted molar refractivity (Wildman–Crippen MR) is 48.5 cm³/mol. The molecule has 0 spiro atoms. The van der Waals surface area contributed by atoms with E-state index in [4.69, 9.17) is 0 Å². The van der Waals surface area contributed by atoms with Gasteiger partial charge in [0.15, 0.2) is 0 Å². The number of rotatable bonds is 2. The van der Waals surface area contributed by atoms with Crippen molar-refractivity contribution >= 4 is 0 Å². The minimum absolute atomic E-state index is 0.155. The molecule has 1 nitrogen and oxygen atoms in total. The molecule has 12 heavy (non-hydrogen) atoms. The first-order valence-electron chi connectivity index (χ1n) is 3.99. The first-order chi connectivity index (χ1) is 5.59. The Balaban J connectivity index is 2.90. The highest BCUT2D eigenvalue weighted by Gasteiger charge is 2.00. The summed E-state index contributed by atoms with van der Waals surface area (Å²) in [7, 11) is 3.95. The van der Waals surface area contributed by atoms with Crippen molar-refractivity contribution in [2.24, 2.45) is 0 Å². The third kappa shape index (κ3) is 2.31. The fraction of sp³-hybridized carbons (Fsp3) is 0.400. The van der Waals surface area contributed by atoms with Crippen molar-refractivity contribution in [1.82, 2.24) is 4.90 Å². The van der Waals surface area contributed by atoms with E-state index in [0.717, 1.165) is 17.7 Å². The molecular formula is C10H14FN. The maximum Gasteiger partial charge on any atom is 0.123 e. The summed E-state index contributed by atoms with van der Waals surface area (Å²) < 4.78 is 12.8. The molecule has 0 aromatic heterocycles. The molecule has 0 atom stereocenters. The third-order valence-corrected chi connectivity index (χ3v) is 1.80. The largest absolute Gasteiger partial charge is 0.305 e. The van der Waals surface area contributed by atoms with Gasteiger partial charge >= 0.3 is 0 Å². The van der Waals surface area contributed by atoms with Gasteiger partial charge < -0.3 is 4.90 Å². The molecule has 0 heterocycles. The van der Waals surface area contributed by atoms with Crippen molar-refractivity contribution in [3.63, 3.8) is 0 Å². The molecule has 1 aromatic carbocycles. The van der Waals surface area contributed by atoms with Crippen molar-refractivity contribution in [3.8, 4) is 0 Å². The molecule has 0 fully saturated rings. The zero-order valence-electron chi connectivity index (χ0n) is 7.76. The van der Waals surface area contributed by atoms with Crippen molar-refractivity contribution in [1.29, 1.82) is 0 Å². The van der Waals surface area contributed by atoms with Gasteiger partial charge in [0.1, 0.15) is 5.82 Å². The van der Waals surface area contributed by atoms with Gasteiger partial charge in [-0.2, -0.15) is 0 Å². The highest BCUT2D eigenvalue weighted by Crippen LogP contribution is 2.11. The maximum atomic E-state index is 12.8. The Hall–Kier alpha value is -0.890. The molecule has 0 aliphatic carbocycles. The predicted octanol–water partition coefficient (Wildman–Crippen LogP) is 2.20. The summed E-state index contributed by atoms with van der Waals surface area (Å²) in [5.74, 6) is -0.155. The first-order valence-corrected chi connectivity index (χ1v) is 3.99. The smallest absolute Gasteiger partial charge is 0.123 e. The second-order valence-corrected chi connectivity index (χ2v) is 3.31. The van der Waals surface area contributed by atoms with Crippen LogP contribution in [0, 0.1) is 12.7 Å². The number of benzene rings is 1. The fourth-order valence-electron chi connectivity index (χ4n) is 1.15. The molecule has 0 N–H and O–H groups in total. The minimum Gasteiger partial charge on any atom is -0.305 e. The van der Waals surface area contributed by atoms with Crippen LogP contribution in [-0.2, 0) is 6.54 Å². The number of hydrogen-bond acceptors (Lipinski definition) is 1. The Morgan fingerprint density at radius 1 is 1.33 bits per heavy atom. The average Bonchev–Trinajstić information content (AvgIpc) is 1.96. The molecule has 66 valence electrons. The van der Waals surface area contributed by atoms with Crippen LogP contribution < -0.4 is 0 Å². The number of aryl methyl sites for hydroxylation is 1. The van der Waals surface area contributed by atoms with Crippen LogP contribution in [0.5, 0.6) is 0 Å². The van der Waals surface area contributed by atoms with Crippen molar-refractivity contribution in [2.75, 3.05) is 14.1 Å². The molecular weight excluding hydrogens is 153 g/mol. The topological polar surface area (TPSA) is 3.24 Å². The monoisotopic (exact) mass is 167 g/mol. The Kier molecular flexibility index (Phi) is 2.82. The van der Waals surface area contributed by atoms with Gasteiger partial charge in [-0.1, -0.05) is 6.07 Å². The minimum atomic E-state index is -0.155. The van der Waals surface area contributed by atoms with Gasteiger partial charge in [-0.05, 0) is 44.3 Å². The molecule has 1 aromatic rings. The van der Waals surface area contributed by atoms with Crippen molar-refractivity contribution in [2.45, 2.75) is 13.5 Å². The van der Waals surface area contributed by atoms with E-state index < -0.39 is 0 Å². The lowest BCUT2D eigenvalue weighted by Gasteiger charge is -2.11. The van der Waals surface area contributed by atoms with E-state index in [0.29, 0.717) is 0 Å².